The molecule has 102 valence electrons. The van der Waals surface area contributed by atoms with Crippen LogP contribution in [0.4, 0.5) is 0 Å². The van der Waals surface area contributed by atoms with Crippen molar-refractivity contribution in [3.8, 4) is 5.75 Å². The number of nitrogens with two attached hydrogens (primary N) is 1. The number of hydrogen-bond donors (Lipinski definition) is 1. The van der Waals surface area contributed by atoms with Crippen molar-refractivity contribution in [2.75, 3.05) is 18.6 Å². The highest BCUT2D eigenvalue weighted by Crippen LogP contribution is 2.17. The van der Waals surface area contributed by atoms with Gasteiger partial charge in [0.15, 0.2) is 0 Å². The fourth-order valence-electron chi connectivity index (χ4n) is 1.45. The highest BCUT2D eigenvalue weighted by atomic mass is 35.5. The van der Waals surface area contributed by atoms with E-state index in [0.717, 1.165) is 0 Å². The molecule has 0 saturated carbocycles. The molecule has 18 heavy (non-hydrogen) atoms. The molecule has 0 spiro atoms. The number of ether oxygens (including phenoxy) is 1. The Labute approximate surface area is 113 Å². The topological polar surface area (TPSA) is 69.4 Å². The van der Waals surface area contributed by atoms with E-state index in [2.05, 4.69) is 0 Å². The summed E-state index contributed by atoms with van der Waals surface area (Å²) in [6, 6.07) is 6.90. The van der Waals surface area contributed by atoms with Gasteiger partial charge in [-0.05, 0) is 31.0 Å². The minimum Gasteiger partial charge on any atom is -0.492 e. The Hall–Kier alpha value is -0.780. The monoisotopic (exact) mass is 291 g/mol. The summed E-state index contributed by atoms with van der Waals surface area (Å²) in [5.41, 5.74) is 5.84. The summed E-state index contributed by atoms with van der Waals surface area (Å²) in [7, 11) is -2.91. The first kappa shape index (κ1) is 15.3. The highest BCUT2D eigenvalue weighted by molar-refractivity contribution is 7.90. The van der Waals surface area contributed by atoms with E-state index in [4.69, 9.17) is 22.1 Å². The highest BCUT2D eigenvalue weighted by Gasteiger charge is 2.07. The smallest absolute Gasteiger partial charge is 0.147 e. The van der Waals surface area contributed by atoms with Crippen LogP contribution in [0.2, 0.25) is 5.02 Å². The average Bonchev–Trinajstić information content (AvgIpc) is 2.25. The summed E-state index contributed by atoms with van der Waals surface area (Å²) in [4.78, 5) is 0. The van der Waals surface area contributed by atoms with Crippen LogP contribution in [0.5, 0.6) is 5.75 Å². The van der Waals surface area contributed by atoms with Gasteiger partial charge in [-0.25, -0.2) is 8.42 Å². The van der Waals surface area contributed by atoms with E-state index < -0.39 is 9.84 Å². The zero-order valence-electron chi connectivity index (χ0n) is 10.3. The lowest BCUT2D eigenvalue weighted by molar-refractivity contribution is 0.281. The Morgan fingerprint density at radius 2 is 2.17 bits per heavy atom. The van der Waals surface area contributed by atoms with Crippen molar-refractivity contribution in [2.24, 2.45) is 5.73 Å². The molecule has 0 fully saturated rings. The molecule has 1 unspecified atom stereocenters. The van der Waals surface area contributed by atoms with Crippen molar-refractivity contribution in [2.45, 2.75) is 18.9 Å². The van der Waals surface area contributed by atoms with Gasteiger partial charge < -0.3 is 10.5 Å². The molecule has 0 aliphatic carbocycles. The quantitative estimate of drug-likeness (QED) is 0.833. The summed E-state index contributed by atoms with van der Waals surface area (Å²) in [5.74, 6) is 0.832. The Bertz CT molecular complexity index is 476. The van der Waals surface area contributed by atoms with E-state index in [0.29, 0.717) is 30.2 Å². The maximum atomic E-state index is 10.9. The number of hydrogen-bond acceptors (Lipinski definition) is 4. The van der Waals surface area contributed by atoms with Crippen LogP contribution < -0.4 is 10.5 Å². The van der Waals surface area contributed by atoms with Crippen LogP contribution >= 0.6 is 11.6 Å². The van der Waals surface area contributed by atoms with E-state index in [1.54, 1.807) is 24.3 Å². The first-order valence-electron chi connectivity index (χ1n) is 5.68. The van der Waals surface area contributed by atoms with Crippen LogP contribution in [0, 0.1) is 0 Å². The standard InChI is InChI=1S/C12H18ClNO3S/c1-18(15,16)7-3-5-11(14)9-17-12-6-2-4-10(13)8-12/h2,4,6,8,11H,3,5,7,9,14H2,1H3. The van der Waals surface area contributed by atoms with Gasteiger partial charge in [0.25, 0.3) is 0 Å². The van der Waals surface area contributed by atoms with Crippen molar-refractivity contribution in [3.63, 3.8) is 0 Å². The molecule has 0 radical (unpaired) electrons. The minimum atomic E-state index is -2.91. The molecule has 0 aliphatic rings. The van der Waals surface area contributed by atoms with Gasteiger partial charge in [0.1, 0.15) is 22.2 Å². The van der Waals surface area contributed by atoms with E-state index >= 15 is 0 Å². The molecule has 6 heteroatoms. The first-order chi connectivity index (χ1) is 8.37. The van der Waals surface area contributed by atoms with Crippen molar-refractivity contribution in [1.82, 2.24) is 0 Å². The Morgan fingerprint density at radius 3 is 2.78 bits per heavy atom. The van der Waals surface area contributed by atoms with E-state index in [1.165, 1.54) is 6.26 Å². The maximum Gasteiger partial charge on any atom is 0.147 e. The molecule has 0 amide bonds. The molecule has 0 aromatic heterocycles. The Balaban J connectivity index is 2.27. The number of halogens is 1. The molecule has 2 N–H and O–H groups in total. The van der Waals surface area contributed by atoms with Crippen molar-refractivity contribution < 1.29 is 13.2 Å². The lowest BCUT2D eigenvalue weighted by Crippen LogP contribution is -2.28. The number of sulfone groups is 1. The predicted octanol–water partition coefficient (Wildman–Crippen LogP) is 1.87. The predicted molar refractivity (Wildman–Crippen MR) is 73.9 cm³/mol. The molecule has 0 heterocycles. The molecule has 4 nitrogen and oxygen atoms in total. The Kier molecular flexibility index (Phi) is 5.91. The lowest BCUT2D eigenvalue weighted by atomic mass is 10.2. The van der Waals surface area contributed by atoms with Gasteiger partial charge in [-0.15, -0.1) is 0 Å². The molecule has 1 aromatic carbocycles. The third-order valence-electron chi connectivity index (χ3n) is 2.35. The third kappa shape index (κ3) is 6.83. The van der Waals surface area contributed by atoms with Gasteiger partial charge in [-0.2, -0.15) is 0 Å². The van der Waals surface area contributed by atoms with Crippen LogP contribution in [-0.2, 0) is 9.84 Å². The number of rotatable bonds is 7. The molecule has 1 atom stereocenters. The van der Waals surface area contributed by atoms with Gasteiger partial charge >= 0.3 is 0 Å². The SMILES string of the molecule is CS(=O)(=O)CCCC(N)COc1cccc(Cl)c1. The van der Waals surface area contributed by atoms with Gasteiger partial charge in [-0.1, -0.05) is 17.7 Å². The van der Waals surface area contributed by atoms with Crippen LogP contribution in [0.15, 0.2) is 24.3 Å². The van der Waals surface area contributed by atoms with Crippen LogP contribution in [0.1, 0.15) is 12.8 Å². The van der Waals surface area contributed by atoms with Crippen LogP contribution in [0.3, 0.4) is 0 Å². The van der Waals surface area contributed by atoms with E-state index in [1.807, 2.05) is 0 Å². The molecule has 0 aliphatic heterocycles. The van der Waals surface area contributed by atoms with Gasteiger partial charge in [-0.3, -0.25) is 0 Å². The summed E-state index contributed by atoms with van der Waals surface area (Å²) in [6.45, 7) is 0.351. The molecular formula is C12H18ClNO3S. The van der Waals surface area contributed by atoms with Crippen LogP contribution in [-0.4, -0.2) is 33.1 Å². The summed E-state index contributed by atoms with van der Waals surface area (Å²) >= 11 is 5.82. The van der Waals surface area contributed by atoms with Gasteiger partial charge in [0.2, 0.25) is 0 Å². The van der Waals surface area contributed by atoms with Crippen molar-refractivity contribution in [3.05, 3.63) is 29.3 Å². The van der Waals surface area contributed by atoms with E-state index in [-0.39, 0.29) is 11.8 Å². The second kappa shape index (κ2) is 6.97. The first-order valence-corrected chi connectivity index (χ1v) is 8.12. The molecule has 1 rings (SSSR count). The average molecular weight is 292 g/mol. The second-order valence-corrected chi connectivity index (χ2v) is 7.00. The fourth-order valence-corrected chi connectivity index (χ4v) is 2.32. The minimum absolute atomic E-state index is 0.165. The lowest BCUT2D eigenvalue weighted by Gasteiger charge is -2.13. The molecule has 0 saturated heterocycles. The molecule has 0 bridgehead atoms. The van der Waals surface area contributed by atoms with Gasteiger partial charge in [0.05, 0.1) is 0 Å². The van der Waals surface area contributed by atoms with E-state index in [9.17, 15) is 8.42 Å². The largest absolute Gasteiger partial charge is 0.492 e. The maximum absolute atomic E-state index is 10.9. The molecular weight excluding hydrogens is 274 g/mol. The van der Waals surface area contributed by atoms with Crippen molar-refractivity contribution in [1.29, 1.82) is 0 Å². The third-order valence-corrected chi connectivity index (χ3v) is 3.62. The summed E-state index contributed by atoms with van der Waals surface area (Å²) < 4.78 is 27.4. The normalized spacial score (nSPS) is 13.3. The fraction of sp³-hybridized carbons (Fsp3) is 0.500. The van der Waals surface area contributed by atoms with Crippen molar-refractivity contribution >= 4 is 21.4 Å². The zero-order valence-corrected chi connectivity index (χ0v) is 11.9. The summed E-state index contributed by atoms with van der Waals surface area (Å²) in [6.07, 6.45) is 2.40. The van der Waals surface area contributed by atoms with Crippen LogP contribution in [0.25, 0.3) is 0 Å². The Morgan fingerprint density at radius 1 is 1.44 bits per heavy atom. The number of benzene rings is 1. The molecule has 1 aromatic rings. The summed E-state index contributed by atoms with van der Waals surface area (Å²) in [5, 5.41) is 0.609. The zero-order chi connectivity index (χ0) is 13.6. The second-order valence-electron chi connectivity index (χ2n) is 4.30. The van der Waals surface area contributed by atoms with Gasteiger partial charge in [0, 0.05) is 23.1 Å².